The van der Waals surface area contributed by atoms with Crippen molar-refractivity contribution >= 4 is 5.91 Å². The lowest BCUT2D eigenvalue weighted by molar-refractivity contribution is 0.0952. The molecule has 0 aliphatic rings. The van der Waals surface area contributed by atoms with Gasteiger partial charge in [0.15, 0.2) is 0 Å². The van der Waals surface area contributed by atoms with Crippen molar-refractivity contribution in [1.29, 1.82) is 10.5 Å². The van der Waals surface area contributed by atoms with Crippen molar-refractivity contribution in [3.8, 4) is 18.0 Å². The number of carbonyl (C=O) groups is 1. The summed E-state index contributed by atoms with van der Waals surface area (Å²) in [6.07, 6.45) is 4.09. The summed E-state index contributed by atoms with van der Waals surface area (Å²) in [5, 5.41) is 21.2. The van der Waals surface area contributed by atoms with Crippen molar-refractivity contribution in [3.05, 3.63) is 76.8 Å². The van der Waals surface area contributed by atoms with Gasteiger partial charge in [-0.2, -0.15) is 10.5 Å². The standard InChI is InChI=1S/C20H16N4O2/c1-14-18(17(13-22)20(26-14)24-9-2-3-10-24)19(25)23-8-7-15-5-4-6-16(11-15)12-21/h2-6,9-11H,7-8H2,1H3,(H,23,25). The van der Waals surface area contributed by atoms with Gasteiger partial charge >= 0.3 is 0 Å². The van der Waals surface area contributed by atoms with Crippen LogP contribution in [0.15, 0.2) is 53.2 Å². The second-order valence-electron chi connectivity index (χ2n) is 5.73. The zero-order valence-corrected chi connectivity index (χ0v) is 14.2. The molecule has 1 amide bonds. The van der Waals surface area contributed by atoms with E-state index in [4.69, 9.17) is 9.68 Å². The summed E-state index contributed by atoms with van der Waals surface area (Å²) in [7, 11) is 0. The average Bonchev–Trinajstić information content (AvgIpc) is 3.29. The van der Waals surface area contributed by atoms with Crippen LogP contribution in [-0.4, -0.2) is 17.0 Å². The molecule has 3 aromatic rings. The molecule has 0 atom stereocenters. The fraction of sp³-hybridized carbons (Fsp3) is 0.150. The first-order chi connectivity index (χ1) is 12.6. The van der Waals surface area contributed by atoms with Gasteiger partial charge in [0.05, 0.1) is 11.6 Å². The molecule has 0 spiro atoms. The van der Waals surface area contributed by atoms with E-state index in [1.165, 1.54) is 0 Å². The van der Waals surface area contributed by atoms with Gasteiger partial charge in [-0.15, -0.1) is 0 Å². The first kappa shape index (κ1) is 17.1. The minimum Gasteiger partial charge on any atom is -0.443 e. The van der Waals surface area contributed by atoms with E-state index >= 15 is 0 Å². The van der Waals surface area contributed by atoms with Gasteiger partial charge in [0.25, 0.3) is 5.91 Å². The molecule has 0 saturated heterocycles. The number of hydrogen-bond acceptors (Lipinski definition) is 4. The van der Waals surface area contributed by atoms with Crippen LogP contribution in [0.4, 0.5) is 0 Å². The number of aromatic nitrogens is 1. The lowest BCUT2D eigenvalue weighted by atomic mass is 10.1. The largest absolute Gasteiger partial charge is 0.443 e. The molecule has 0 unspecified atom stereocenters. The Kier molecular flexibility index (Phi) is 4.87. The van der Waals surface area contributed by atoms with Crippen molar-refractivity contribution < 1.29 is 9.21 Å². The van der Waals surface area contributed by atoms with Gasteiger partial charge < -0.3 is 9.73 Å². The van der Waals surface area contributed by atoms with Crippen LogP contribution >= 0.6 is 0 Å². The third-order valence-electron chi connectivity index (χ3n) is 4.00. The van der Waals surface area contributed by atoms with Crippen LogP contribution in [0.25, 0.3) is 5.88 Å². The molecule has 6 heteroatoms. The molecule has 2 heterocycles. The summed E-state index contributed by atoms with van der Waals surface area (Å²) in [4.78, 5) is 12.6. The highest BCUT2D eigenvalue weighted by atomic mass is 16.4. The van der Waals surface area contributed by atoms with Crippen LogP contribution in [0.1, 0.15) is 32.8 Å². The van der Waals surface area contributed by atoms with Crippen LogP contribution in [0, 0.1) is 29.6 Å². The Labute approximate surface area is 150 Å². The van der Waals surface area contributed by atoms with Crippen LogP contribution in [-0.2, 0) is 6.42 Å². The summed E-state index contributed by atoms with van der Waals surface area (Å²) in [5.74, 6) is 0.383. The van der Waals surface area contributed by atoms with E-state index in [0.29, 0.717) is 30.2 Å². The number of furan rings is 1. The maximum absolute atomic E-state index is 12.6. The second-order valence-corrected chi connectivity index (χ2v) is 5.73. The van der Waals surface area contributed by atoms with E-state index in [1.807, 2.05) is 24.3 Å². The van der Waals surface area contributed by atoms with Crippen LogP contribution < -0.4 is 5.32 Å². The Bertz CT molecular complexity index is 1020. The average molecular weight is 344 g/mol. The lowest BCUT2D eigenvalue weighted by Crippen LogP contribution is -2.26. The molecule has 1 N–H and O–H groups in total. The molecule has 6 nitrogen and oxygen atoms in total. The first-order valence-corrected chi connectivity index (χ1v) is 8.08. The van der Waals surface area contributed by atoms with Crippen molar-refractivity contribution in [2.45, 2.75) is 13.3 Å². The fourth-order valence-electron chi connectivity index (χ4n) is 2.76. The predicted molar refractivity (Wildman–Crippen MR) is 94.7 cm³/mol. The number of nitrogens with one attached hydrogen (secondary N) is 1. The van der Waals surface area contributed by atoms with Crippen LogP contribution in [0.2, 0.25) is 0 Å². The molecule has 0 fully saturated rings. The molecular weight excluding hydrogens is 328 g/mol. The Morgan fingerprint density at radius 1 is 1.19 bits per heavy atom. The molecule has 26 heavy (non-hydrogen) atoms. The Balaban J connectivity index is 1.74. The van der Waals surface area contributed by atoms with Crippen LogP contribution in [0.3, 0.4) is 0 Å². The first-order valence-electron chi connectivity index (χ1n) is 8.08. The van der Waals surface area contributed by atoms with Gasteiger partial charge in [-0.1, -0.05) is 12.1 Å². The zero-order chi connectivity index (χ0) is 18.5. The van der Waals surface area contributed by atoms with E-state index in [9.17, 15) is 10.1 Å². The molecule has 0 aliphatic carbocycles. The van der Waals surface area contributed by atoms with Gasteiger partial charge in [0.2, 0.25) is 5.88 Å². The topological polar surface area (TPSA) is 94.8 Å². The predicted octanol–water partition coefficient (Wildman–Crippen LogP) is 3.09. The highest BCUT2D eigenvalue weighted by Gasteiger charge is 2.24. The Morgan fingerprint density at radius 2 is 1.96 bits per heavy atom. The van der Waals surface area contributed by atoms with Crippen molar-refractivity contribution in [2.75, 3.05) is 6.54 Å². The molecule has 2 aromatic heterocycles. The van der Waals surface area contributed by atoms with Gasteiger partial charge in [0.1, 0.15) is 23.0 Å². The van der Waals surface area contributed by atoms with E-state index in [1.54, 1.807) is 36.0 Å². The monoisotopic (exact) mass is 344 g/mol. The van der Waals surface area contributed by atoms with Crippen molar-refractivity contribution in [1.82, 2.24) is 9.88 Å². The fourth-order valence-corrected chi connectivity index (χ4v) is 2.76. The number of aryl methyl sites for hydroxylation is 1. The smallest absolute Gasteiger partial charge is 0.256 e. The number of benzene rings is 1. The summed E-state index contributed by atoms with van der Waals surface area (Å²) >= 11 is 0. The molecule has 0 aliphatic heterocycles. The zero-order valence-electron chi connectivity index (χ0n) is 14.2. The third kappa shape index (κ3) is 3.35. The second kappa shape index (κ2) is 7.42. The summed E-state index contributed by atoms with van der Waals surface area (Å²) in [6.45, 7) is 2.06. The normalized spacial score (nSPS) is 10.1. The number of nitriles is 2. The van der Waals surface area contributed by atoms with Crippen LogP contribution in [0.5, 0.6) is 0 Å². The number of nitrogens with zero attached hydrogens (tertiary/aromatic N) is 3. The maximum atomic E-state index is 12.6. The molecule has 0 radical (unpaired) electrons. The maximum Gasteiger partial charge on any atom is 0.256 e. The highest BCUT2D eigenvalue weighted by molar-refractivity contribution is 5.98. The minimum absolute atomic E-state index is 0.211. The van der Waals surface area contributed by atoms with Crippen molar-refractivity contribution in [3.63, 3.8) is 0 Å². The van der Waals surface area contributed by atoms with Gasteiger partial charge in [-0.3, -0.25) is 9.36 Å². The van der Waals surface area contributed by atoms with Crippen molar-refractivity contribution in [2.24, 2.45) is 0 Å². The Morgan fingerprint density at radius 3 is 2.65 bits per heavy atom. The molecule has 128 valence electrons. The van der Waals surface area contributed by atoms with E-state index < -0.39 is 0 Å². The number of rotatable bonds is 5. The van der Waals surface area contributed by atoms with E-state index in [2.05, 4.69) is 17.5 Å². The quantitative estimate of drug-likeness (QED) is 0.769. The van der Waals surface area contributed by atoms with Gasteiger partial charge in [-0.25, -0.2) is 0 Å². The number of carbonyl (C=O) groups excluding carboxylic acids is 1. The van der Waals surface area contributed by atoms with E-state index in [0.717, 1.165) is 5.56 Å². The third-order valence-corrected chi connectivity index (χ3v) is 4.00. The number of hydrogen-bond donors (Lipinski definition) is 1. The Hall–Kier alpha value is -3.77. The minimum atomic E-state index is -0.349. The van der Waals surface area contributed by atoms with E-state index in [-0.39, 0.29) is 17.0 Å². The molecule has 0 saturated carbocycles. The summed E-state index contributed by atoms with van der Waals surface area (Å²) in [6, 6.07) is 15.0. The molecule has 1 aromatic carbocycles. The molecular formula is C20H16N4O2. The highest BCUT2D eigenvalue weighted by Crippen LogP contribution is 2.25. The van der Waals surface area contributed by atoms with Gasteiger partial charge in [-0.05, 0) is 43.2 Å². The summed E-state index contributed by atoms with van der Waals surface area (Å²) in [5.41, 5.74) is 2.01. The number of amides is 1. The molecule has 3 rings (SSSR count). The lowest BCUT2D eigenvalue weighted by Gasteiger charge is -2.05. The summed E-state index contributed by atoms with van der Waals surface area (Å²) < 4.78 is 7.30. The van der Waals surface area contributed by atoms with Gasteiger partial charge in [0, 0.05) is 18.9 Å². The SMILES string of the molecule is Cc1oc(-n2cccc2)c(C#N)c1C(=O)NCCc1cccc(C#N)c1. The molecule has 0 bridgehead atoms.